The maximum absolute atomic E-state index is 12.0. The lowest BCUT2D eigenvalue weighted by Crippen LogP contribution is -2.10. The third-order valence-electron chi connectivity index (χ3n) is 3.89. The van der Waals surface area contributed by atoms with E-state index in [-0.39, 0.29) is 18.0 Å². The molecular weight excluding hydrogens is 366 g/mol. The van der Waals surface area contributed by atoms with Crippen molar-refractivity contribution in [2.75, 3.05) is 19.8 Å². The van der Waals surface area contributed by atoms with E-state index in [1.807, 2.05) is 48.5 Å². The van der Waals surface area contributed by atoms with Gasteiger partial charge in [-0.25, -0.2) is 0 Å². The minimum absolute atomic E-state index is 0.164. The Kier molecular flexibility index (Phi) is 9.39. The molecule has 152 valence electrons. The van der Waals surface area contributed by atoms with Crippen LogP contribution in [0.2, 0.25) is 0 Å². The Morgan fingerprint density at radius 2 is 1.24 bits per heavy atom. The third-order valence-corrected chi connectivity index (χ3v) is 3.89. The molecule has 0 amide bonds. The minimum atomic E-state index is -0.244. The molecule has 0 saturated carbocycles. The van der Waals surface area contributed by atoms with Crippen LogP contribution >= 0.6 is 0 Å². The molecule has 5 heteroatoms. The van der Waals surface area contributed by atoms with E-state index < -0.39 is 0 Å². The molecule has 0 aromatic heterocycles. The molecule has 5 nitrogen and oxygen atoms in total. The van der Waals surface area contributed by atoms with Gasteiger partial charge in [0.25, 0.3) is 0 Å². The lowest BCUT2D eigenvalue weighted by Gasteiger charge is -2.04. The van der Waals surface area contributed by atoms with Gasteiger partial charge in [-0.2, -0.15) is 0 Å². The van der Waals surface area contributed by atoms with Crippen LogP contribution in [0.3, 0.4) is 0 Å². The summed E-state index contributed by atoms with van der Waals surface area (Å²) in [5, 5.41) is 0. The van der Waals surface area contributed by atoms with Crippen molar-refractivity contribution >= 4 is 23.7 Å². The molecule has 0 radical (unpaired) electrons. The van der Waals surface area contributed by atoms with Crippen molar-refractivity contribution in [2.24, 2.45) is 5.73 Å². The van der Waals surface area contributed by atoms with E-state index in [2.05, 4.69) is 6.92 Å². The smallest absolute Gasteiger partial charge is 0.163 e. The van der Waals surface area contributed by atoms with Gasteiger partial charge in [0.1, 0.15) is 18.1 Å². The van der Waals surface area contributed by atoms with E-state index in [9.17, 15) is 9.59 Å². The van der Waals surface area contributed by atoms with E-state index in [1.54, 1.807) is 12.2 Å². The molecule has 0 aliphatic heterocycles. The van der Waals surface area contributed by atoms with Crippen LogP contribution in [-0.2, 0) is 9.59 Å². The third kappa shape index (κ3) is 8.58. The van der Waals surface area contributed by atoms with Crippen LogP contribution in [-0.4, -0.2) is 31.3 Å². The standard InChI is InChI=1S/C24H27NO4/c1-2-16-28-23-11-5-19(6-12-23)3-9-21(26)18-22(27)10-4-20-7-13-24(14-8-20)29-17-15-25/h3-14H,2,15-18,25H2,1H3/b9-3+,10-4+. The quantitative estimate of drug-likeness (QED) is 0.434. The van der Waals surface area contributed by atoms with Crippen LogP contribution < -0.4 is 15.2 Å². The van der Waals surface area contributed by atoms with Gasteiger partial charge < -0.3 is 15.2 Å². The van der Waals surface area contributed by atoms with Crippen LogP contribution in [0.5, 0.6) is 11.5 Å². The Morgan fingerprint density at radius 3 is 1.66 bits per heavy atom. The van der Waals surface area contributed by atoms with Gasteiger partial charge in [-0.1, -0.05) is 43.3 Å². The predicted molar refractivity (Wildman–Crippen MR) is 116 cm³/mol. The zero-order chi connectivity index (χ0) is 20.9. The van der Waals surface area contributed by atoms with Gasteiger partial charge in [-0.15, -0.1) is 0 Å². The van der Waals surface area contributed by atoms with Crippen molar-refractivity contribution in [1.82, 2.24) is 0 Å². The number of rotatable bonds is 12. The summed E-state index contributed by atoms with van der Waals surface area (Å²) < 4.78 is 10.9. The van der Waals surface area contributed by atoms with Gasteiger partial charge >= 0.3 is 0 Å². The molecule has 2 aromatic carbocycles. The molecule has 0 aliphatic carbocycles. The molecular formula is C24H27NO4. The normalized spacial score (nSPS) is 11.1. The van der Waals surface area contributed by atoms with E-state index in [4.69, 9.17) is 15.2 Å². The Morgan fingerprint density at radius 1 is 0.793 bits per heavy atom. The summed E-state index contributed by atoms with van der Waals surface area (Å²) in [6.45, 7) is 3.64. The van der Waals surface area contributed by atoms with Crippen LogP contribution in [0, 0.1) is 0 Å². The average Bonchev–Trinajstić information content (AvgIpc) is 2.74. The van der Waals surface area contributed by atoms with Gasteiger partial charge in [-0.05, 0) is 54.0 Å². The molecule has 2 rings (SSSR count). The lowest BCUT2D eigenvalue weighted by molar-refractivity contribution is -0.121. The van der Waals surface area contributed by atoms with Crippen LogP contribution in [0.4, 0.5) is 0 Å². The molecule has 2 aromatic rings. The fourth-order valence-electron chi connectivity index (χ4n) is 2.41. The first-order chi connectivity index (χ1) is 14.1. The van der Waals surface area contributed by atoms with Gasteiger partial charge in [0, 0.05) is 6.54 Å². The topological polar surface area (TPSA) is 78.6 Å². The van der Waals surface area contributed by atoms with E-state index in [1.165, 1.54) is 12.2 Å². The molecule has 0 atom stereocenters. The van der Waals surface area contributed by atoms with Gasteiger partial charge in [0.15, 0.2) is 11.6 Å². The largest absolute Gasteiger partial charge is 0.494 e. The average molecular weight is 393 g/mol. The van der Waals surface area contributed by atoms with Crippen LogP contribution in [0.15, 0.2) is 60.7 Å². The van der Waals surface area contributed by atoms with Crippen molar-refractivity contribution in [2.45, 2.75) is 19.8 Å². The number of hydrogen-bond donors (Lipinski definition) is 1. The van der Waals surface area contributed by atoms with Gasteiger partial charge in [0.05, 0.1) is 13.0 Å². The zero-order valence-electron chi connectivity index (χ0n) is 16.7. The fourth-order valence-corrected chi connectivity index (χ4v) is 2.41. The number of benzene rings is 2. The monoisotopic (exact) mass is 393 g/mol. The highest BCUT2D eigenvalue weighted by atomic mass is 16.5. The Bertz CT molecular complexity index is 765. The number of ether oxygens (including phenoxy) is 2. The summed E-state index contributed by atoms with van der Waals surface area (Å²) in [7, 11) is 0. The number of carbonyl (C=O) groups excluding carboxylic acids is 2. The minimum Gasteiger partial charge on any atom is -0.494 e. The highest BCUT2D eigenvalue weighted by molar-refractivity contribution is 6.10. The van der Waals surface area contributed by atoms with Crippen molar-refractivity contribution in [1.29, 1.82) is 0 Å². The number of carbonyl (C=O) groups is 2. The first-order valence-electron chi connectivity index (χ1n) is 9.68. The van der Waals surface area contributed by atoms with Crippen molar-refractivity contribution < 1.29 is 19.1 Å². The second kappa shape index (κ2) is 12.3. The zero-order valence-corrected chi connectivity index (χ0v) is 16.7. The summed E-state index contributed by atoms with van der Waals surface area (Å²) in [5.74, 6) is 1.04. The highest BCUT2D eigenvalue weighted by Gasteiger charge is 2.04. The number of hydrogen-bond acceptors (Lipinski definition) is 5. The Balaban J connectivity index is 1.81. The van der Waals surface area contributed by atoms with Crippen LogP contribution in [0.1, 0.15) is 30.9 Å². The molecule has 0 fully saturated rings. The Labute approximate surface area is 171 Å². The fraction of sp³-hybridized carbons (Fsp3) is 0.250. The summed E-state index contributed by atoms with van der Waals surface area (Å²) in [5.41, 5.74) is 7.12. The predicted octanol–water partition coefficient (Wildman–Crippen LogP) is 4.07. The first kappa shape index (κ1) is 22.1. The second-order valence-corrected chi connectivity index (χ2v) is 6.40. The molecule has 2 N–H and O–H groups in total. The van der Waals surface area contributed by atoms with Gasteiger partial charge in [-0.3, -0.25) is 9.59 Å². The van der Waals surface area contributed by atoms with E-state index in [0.29, 0.717) is 19.8 Å². The molecule has 0 heterocycles. The van der Waals surface area contributed by atoms with Crippen LogP contribution in [0.25, 0.3) is 12.2 Å². The summed E-state index contributed by atoms with van der Waals surface area (Å²) in [6, 6.07) is 14.8. The lowest BCUT2D eigenvalue weighted by atomic mass is 10.1. The van der Waals surface area contributed by atoms with Crippen molar-refractivity contribution in [3.8, 4) is 11.5 Å². The maximum Gasteiger partial charge on any atom is 0.163 e. The van der Waals surface area contributed by atoms with E-state index >= 15 is 0 Å². The van der Waals surface area contributed by atoms with Crippen molar-refractivity contribution in [3.63, 3.8) is 0 Å². The Hall–Kier alpha value is -3.18. The summed E-state index contributed by atoms with van der Waals surface area (Å²) >= 11 is 0. The molecule has 0 spiro atoms. The summed E-state index contributed by atoms with van der Waals surface area (Å²) in [6.07, 6.45) is 7.01. The highest BCUT2D eigenvalue weighted by Crippen LogP contribution is 2.14. The van der Waals surface area contributed by atoms with E-state index in [0.717, 1.165) is 29.0 Å². The van der Waals surface area contributed by atoms with Gasteiger partial charge in [0.2, 0.25) is 0 Å². The number of ketones is 2. The number of nitrogens with two attached hydrogens (primary N) is 1. The number of allylic oxidation sites excluding steroid dienone is 2. The molecule has 0 aliphatic rings. The maximum atomic E-state index is 12.0. The SMILES string of the molecule is CCCOc1ccc(/C=C/C(=O)CC(=O)/C=C/c2ccc(OCCN)cc2)cc1. The van der Waals surface area contributed by atoms with Crippen molar-refractivity contribution in [3.05, 3.63) is 71.8 Å². The first-order valence-corrected chi connectivity index (χ1v) is 9.68. The molecule has 0 saturated heterocycles. The second-order valence-electron chi connectivity index (χ2n) is 6.40. The summed E-state index contributed by atoms with van der Waals surface area (Å²) in [4.78, 5) is 24.0. The molecule has 29 heavy (non-hydrogen) atoms. The molecule has 0 unspecified atom stereocenters. The molecule has 0 bridgehead atoms.